The summed E-state index contributed by atoms with van der Waals surface area (Å²) in [5, 5.41) is 8.21. The Hall–Kier alpha value is -2.26. The van der Waals surface area contributed by atoms with E-state index < -0.39 is 0 Å². The minimum Gasteiger partial charge on any atom is -0.316 e. The van der Waals surface area contributed by atoms with Crippen LogP contribution in [0.5, 0.6) is 0 Å². The molecule has 2 atom stereocenters. The minimum absolute atomic E-state index is 0. The molecule has 0 amide bonds. The SMILES string of the molecule is Cl.Cl.O=c1c(CN2CCc3nc(-c4cccnc4)nn3CC2)ccc2n1C[C@@H]1CNC[C@H]2C1. The van der Waals surface area contributed by atoms with E-state index in [2.05, 4.69) is 31.9 Å². The lowest BCUT2D eigenvalue weighted by Crippen LogP contribution is -2.45. The molecule has 33 heavy (non-hydrogen) atoms. The molecule has 6 rings (SSSR count). The van der Waals surface area contributed by atoms with Crippen molar-refractivity contribution in [3.05, 3.63) is 64.1 Å². The molecule has 6 heterocycles. The largest absolute Gasteiger partial charge is 0.316 e. The Balaban J connectivity index is 0.00000130. The molecular formula is C23H29Cl2N7O. The van der Waals surface area contributed by atoms with Gasteiger partial charge in [-0.2, -0.15) is 5.10 Å². The molecule has 10 heteroatoms. The highest BCUT2D eigenvalue weighted by Gasteiger charge is 2.31. The third kappa shape index (κ3) is 4.57. The molecule has 176 valence electrons. The molecule has 0 saturated carbocycles. The third-order valence-corrected chi connectivity index (χ3v) is 6.93. The van der Waals surface area contributed by atoms with E-state index in [-0.39, 0.29) is 30.4 Å². The highest BCUT2D eigenvalue weighted by Crippen LogP contribution is 2.31. The van der Waals surface area contributed by atoms with Gasteiger partial charge in [0.2, 0.25) is 0 Å². The highest BCUT2D eigenvalue weighted by atomic mass is 35.5. The molecule has 8 nitrogen and oxygen atoms in total. The molecule has 3 aromatic heterocycles. The van der Waals surface area contributed by atoms with Gasteiger partial charge in [-0.05, 0) is 37.1 Å². The average molecular weight is 490 g/mol. The van der Waals surface area contributed by atoms with Crippen LogP contribution in [0.2, 0.25) is 0 Å². The standard InChI is InChI=1S/C23H27N7O.2ClH/c31-23-18(3-4-20-19-10-16(11-25-13-19)14-29(20)23)15-28-7-5-21-26-22(27-30(21)9-8-28)17-2-1-6-24-12-17;;/h1-4,6,12,16,19,25H,5,7-11,13-15H2;2*1H/t16-,19+;;/m0../s1. The van der Waals surface area contributed by atoms with Gasteiger partial charge < -0.3 is 9.88 Å². The van der Waals surface area contributed by atoms with Crippen LogP contribution in [-0.4, -0.2) is 55.4 Å². The van der Waals surface area contributed by atoms with Crippen LogP contribution in [0.25, 0.3) is 11.4 Å². The second kappa shape index (κ2) is 9.93. The fourth-order valence-corrected chi connectivity index (χ4v) is 5.32. The van der Waals surface area contributed by atoms with Crippen molar-refractivity contribution < 1.29 is 0 Å². The summed E-state index contributed by atoms with van der Waals surface area (Å²) in [6.07, 6.45) is 5.59. The van der Waals surface area contributed by atoms with Gasteiger partial charge in [-0.1, -0.05) is 6.07 Å². The molecule has 3 aliphatic heterocycles. The van der Waals surface area contributed by atoms with Crippen LogP contribution in [-0.2, 0) is 26.1 Å². The molecule has 2 bridgehead atoms. The fraction of sp³-hybridized carbons (Fsp3) is 0.478. The molecule has 0 unspecified atom stereocenters. The lowest BCUT2D eigenvalue weighted by Gasteiger charge is -2.37. The van der Waals surface area contributed by atoms with Crippen molar-refractivity contribution in [3.8, 4) is 11.4 Å². The summed E-state index contributed by atoms with van der Waals surface area (Å²) in [6, 6.07) is 8.15. The van der Waals surface area contributed by atoms with Crippen LogP contribution in [0.1, 0.15) is 29.4 Å². The first-order chi connectivity index (χ1) is 15.2. The van der Waals surface area contributed by atoms with Crippen molar-refractivity contribution in [1.29, 1.82) is 0 Å². The number of hydrogen-bond acceptors (Lipinski definition) is 6. The second-order valence-corrected chi connectivity index (χ2v) is 9.00. The minimum atomic E-state index is 0. The van der Waals surface area contributed by atoms with Gasteiger partial charge in [0.15, 0.2) is 5.82 Å². The van der Waals surface area contributed by atoms with Gasteiger partial charge >= 0.3 is 0 Å². The highest BCUT2D eigenvalue weighted by molar-refractivity contribution is 5.85. The zero-order valence-corrected chi connectivity index (χ0v) is 20.0. The van der Waals surface area contributed by atoms with Crippen LogP contribution in [0.15, 0.2) is 41.5 Å². The summed E-state index contributed by atoms with van der Waals surface area (Å²) in [6.45, 7) is 6.07. The molecule has 0 aromatic carbocycles. The maximum Gasteiger partial charge on any atom is 0.255 e. The molecule has 3 aliphatic rings. The monoisotopic (exact) mass is 489 g/mol. The molecule has 1 saturated heterocycles. The maximum atomic E-state index is 13.3. The summed E-state index contributed by atoms with van der Waals surface area (Å²) in [7, 11) is 0. The predicted molar refractivity (Wildman–Crippen MR) is 131 cm³/mol. The number of piperidine rings is 1. The number of aromatic nitrogens is 5. The fourth-order valence-electron chi connectivity index (χ4n) is 5.32. The lowest BCUT2D eigenvalue weighted by molar-refractivity contribution is 0.249. The van der Waals surface area contributed by atoms with E-state index in [1.54, 1.807) is 12.4 Å². The van der Waals surface area contributed by atoms with E-state index in [0.29, 0.717) is 18.4 Å². The summed E-state index contributed by atoms with van der Waals surface area (Å²) >= 11 is 0. The van der Waals surface area contributed by atoms with Gasteiger partial charge in [-0.25, -0.2) is 9.67 Å². The van der Waals surface area contributed by atoms with Gasteiger partial charge in [0, 0.05) is 74.3 Å². The first-order valence-corrected chi connectivity index (χ1v) is 11.2. The lowest BCUT2D eigenvalue weighted by atomic mass is 9.84. The number of fused-ring (bicyclic) bond motifs is 5. The Kier molecular flexibility index (Phi) is 7.19. The van der Waals surface area contributed by atoms with Crippen LogP contribution in [0, 0.1) is 5.92 Å². The second-order valence-electron chi connectivity index (χ2n) is 9.00. The summed E-state index contributed by atoms with van der Waals surface area (Å²) in [5.74, 6) is 2.80. The van der Waals surface area contributed by atoms with Crippen LogP contribution < -0.4 is 10.9 Å². The summed E-state index contributed by atoms with van der Waals surface area (Å²) in [5.41, 5.74) is 3.26. The number of nitrogens with one attached hydrogen (secondary N) is 1. The molecule has 0 radical (unpaired) electrons. The van der Waals surface area contributed by atoms with Crippen LogP contribution in [0.3, 0.4) is 0 Å². The van der Waals surface area contributed by atoms with Crippen molar-refractivity contribution in [2.24, 2.45) is 5.92 Å². The molecule has 0 aliphatic carbocycles. The maximum absolute atomic E-state index is 13.3. The van der Waals surface area contributed by atoms with E-state index in [1.807, 2.05) is 16.8 Å². The van der Waals surface area contributed by atoms with E-state index >= 15 is 0 Å². The number of pyridine rings is 2. The Labute approximate surface area is 205 Å². The normalized spacial score (nSPS) is 21.7. The Bertz CT molecular complexity index is 1140. The van der Waals surface area contributed by atoms with Gasteiger partial charge in [0.1, 0.15) is 5.82 Å². The van der Waals surface area contributed by atoms with Crippen LogP contribution >= 0.6 is 24.8 Å². The average Bonchev–Trinajstić information content (AvgIpc) is 3.12. The van der Waals surface area contributed by atoms with Crippen molar-refractivity contribution in [1.82, 2.24) is 34.5 Å². The molecular weight excluding hydrogens is 461 g/mol. The van der Waals surface area contributed by atoms with Crippen molar-refractivity contribution in [2.75, 3.05) is 26.2 Å². The van der Waals surface area contributed by atoms with E-state index in [9.17, 15) is 4.79 Å². The first-order valence-electron chi connectivity index (χ1n) is 11.2. The smallest absolute Gasteiger partial charge is 0.255 e. The number of rotatable bonds is 3. The van der Waals surface area contributed by atoms with E-state index in [0.717, 1.165) is 68.5 Å². The Morgan fingerprint density at radius 1 is 1.09 bits per heavy atom. The van der Waals surface area contributed by atoms with E-state index in [4.69, 9.17) is 10.1 Å². The molecule has 1 N–H and O–H groups in total. The first kappa shape index (κ1) is 23.9. The quantitative estimate of drug-likeness (QED) is 0.606. The zero-order chi connectivity index (χ0) is 20.8. The predicted octanol–water partition coefficient (Wildman–Crippen LogP) is 2.11. The Morgan fingerprint density at radius 3 is 2.85 bits per heavy atom. The molecule has 3 aromatic rings. The van der Waals surface area contributed by atoms with Crippen molar-refractivity contribution in [3.63, 3.8) is 0 Å². The Morgan fingerprint density at radius 2 is 2.00 bits per heavy atom. The number of halogens is 2. The van der Waals surface area contributed by atoms with Gasteiger partial charge in [0.05, 0.1) is 6.54 Å². The van der Waals surface area contributed by atoms with Crippen LogP contribution in [0.4, 0.5) is 0 Å². The topological polar surface area (TPSA) is 80.9 Å². The zero-order valence-electron chi connectivity index (χ0n) is 18.4. The molecule has 1 fully saturated rings. The summed E-state index contributed by atoms with van der Waals surface area (Å²) in [4.78, 5) is 24.5. The molecule has 0 spiro atoms. The third-order valence-electron chi connectivity index (χ3n) is 6.93. The van der Waals surface area contributed by atoms with Crippen molar-refractivity contribution in [2.45, 2.75) is 38.4 Å². The summed E-state index contributed by atoms with van der Waals surface area (Å²) < 4.78 is 4.07. The van der Waals surface area contributed by atoms with Gasteiger partial charge in [-0.15, -0.1) is 24.8 Å². The van der Waals surface area contributed by atoms with E-state index in [1.165, 1.54) is 12.1 Å². The number of hydrogen-bond donors (Lipinski definition) is 1. The van der Waals surface area contributed by atoms with Crippen molar-refractivity contribution >= 4 is 24.8 Å². The number of nitrogens with zero attached hydrogens (tertiary/aromatic N) is 6. The van der Waals surface area contributed by atoms with Gasteiger partial charge in [0.25, 0.3) is 5.56 Å². The van der Waals surface area contributed by atoms with Gasteiger partial charge in [-0.3, -0.25) is 14.7 Å².